The first-order valence-corrected chi connectivity index (χ1v) is 5.99. The van der Waals surface area contributed by atoms with Crippen molar-refractivity contribution in [1.82, 2.24) is 0 Å². The molecule has 2 aromatic carbocycles. The first-order valence-electron chi connectivity index (χ1n) is 5.99. The highest BCUT2D eigenvalue weighted by atomic mass is 16.5. The van der Waals surface area contributed by atoms with Crippen LogP contribution in [0.2, 0.25) is 0 Å². The van der Waals surface area contributed by atoms with Crippen LogP contribution in [0.3, 0.4) is 0 Å². The van der Waals surface area contributed by atoms with Crippen LogP contribution in [0.5, 0.6) is 11.5 Å². The molecule has 1 aliphatic heterocycles. The number of benzene rings is 2. The number of para-hydroxylation sites is 1. The number of nitrogens with one attached hydrogen (secondary N) is 1. The highest BCUT2D eigenvalue weighted by molar-refractivity contribution is 5.98. The number of hydrogen-bond donors (Lipinski definition) is 1. The van der Waals surface area contributed by atoms with Gasteiger partial charge in [-0.25, -0.2) is 0 Å². The molecule has 1 N–H and O–H groups in total. The summed E-state index contributed by atoms with van der Waals surface area (Å²) in [4.78, 5) is 12.1. The minimum atomic E-state index is -0.648. The fourth-order valence-electron chi connectivity index (χ4n) is 2.11. The lowest BCUT2D eigenvalue weighted by atomic mass is 10.1. The van der Waals surface area contributed by atoms with Crippen molar-refractivity contribution in [3.05, 3.63) is 54.1 Å². The monoisotopic (exact) mass is 255 g/mol. The zero-order valence-corrected chi connectivity index (χ0v) is 10.4. The van der Waals surface area contributed by atoms with Crippen molar-refractivity contribution in [3.8, 4) is 11.5 Å². The van der Waals surface area contributed by atoms with Gasteiger partial charge in [0.25, 0.3) is 5.91 Å². The molecule has 0 spiro atoms. The molecule has 96 valence electrons. The average molecular weight is 255 g/mol. The van der Waals surface area contributed by atoms with Gasteiger partial charge >= 0.3 is 0 Å². The Balaban J connectivity index is 2.01. The van der Waals surface area contributed by atoms with Crippen molar-refractivity contribution in [1.29, 1.82) is 0 Å². The van der Waals surface area contributed by atoms with Crippen molar-refractivity contribution in [2.75, 3.05) is 12.4 Å². The lowest BCUT2D eigenvalue weighted by Gasteiger charge is -2.27. The summed E-state index contributed by atoms with van der Waals surface area (Å²) in [6.45, 7) is 0. The third-order valence-corrected chi connectivity index (χ3v) is 3.03. The summed E-state index contributed by atoms with van der Waals surface area (Å²) < 4.78 is 11.1. The molecule has 0 fully saturated rings. The molecule has 0 bridgehead atoms. The molecular weight excluding hydrogens is 242 g/mol. The molecule has 0 aliphatic carbocycles. The molecule has 0 radical (unpaired) electrons. The number of fused-ring (bicyclic) bond motifs is 1. The Morgan fingerprint density at radius 3 is 2.63 bits per heavy atom. The predicted octanol–water partition coefficient (Wildman–Crippen LogP) is 2.77. The summed E-state index contributed by atoms with van der Waals surface area (Å²) in [5.74, 6) is 1.00. The Hall–Kier alpha value is -2.49. The molecule has 1 aliphatic rings. The largest absolute Gasteiger partial charge is 0.493 e. The Morgan fingerprint density at radius 2 is 1.89 bits per heavy atom. The number of carbonyl (C=O) groups is 1. The summed E-state index contributed by atoms with van der Waals surface area (Å²) in [5, 5.41) is 2.84. The van der Waals surface area contributed by atoms with Crippen LogP contribution >= 0.6 is 0 Å². The standard InChI is InChI=1S/C15H13NO3/c1-18-12-9-5-8-11-14(12)19-13(15(17)16-11)10-6-3-2-4-7-10/h2-9,13H,1H3,(H,16,17). The Kier molecular flexibility index (Phi) is 2.83. The van der Waals surface area contributed by atoms with Crippen LogP contribution in [0.4, 0.5) is 5.69 Å². The van der Waals surface area contributed by atoms with Gasteiger partial charge < -0.3 is 14.8 Å². The molecule has 0 aromatic heterocycles. The molecule has 0 saturated carbocycles. The van der Waals surface area contributed by atoms with Gasteiger partial charge in [-0.1, -0.05) is 36.4 Å². The normalized spacial score (nSPS) is 17.1. The van der Waals surface area contributed by atoms with Gasteiger partial charge in [0.05, 0.1) is 12.8 Å². The van der Waals surface area contributed by atoms with E-state index in [0.29, 0.717) is 17.2 Å². The minimum Gasteiger partial charge on any atom is -0.493 e. The topological polar surface area (TPSA) is 47.6 Å². The molecule has 3 rings (SSSR count). The van der Waals surface area contributed by atoms with Crippen LogP contribution in [0.15, 0.2) is 48.5 Å². The zero-order chi connectivity index (χ0) is 13.2. The Labute approximate surface area is 111 Å². The second-order valence-corrected chi connectivity index (χ2v) is 4.23. The molecule has 4 heteroatoms. The lowest BCUT2D eigenvalue weighted by molar-refractivity contribution is -0.123. The maximum Gasteiger partial charge on any atom is 0.270 e. The number of ether oxygens (including phenoxy) is 2. The van der Waals surface area contributed by atoms with Gasteiger partial charge in [0.15, 0.2) is 11.5 Å². The van der Waals surface area contributed by atoms with Gasteiger partial charge in [-0.15, -0.1) is 0 Å². The van der Waals surface area contributed by atoms with E-state index in [-0.39, 0.29) is 5.91 Å². The molecule has 4 nitrogen and oxygen atoms in total. The lowest BCUT2D eigenvalue weighted by Crippen LogP contribution is -2.30. The van der Waals surface area contributed by atoms with Gasteiger partial charge in [0.1, 0.15) is 0 Å². The number of amides is 1. The maximum absolute atomic E-state index is 12.1. The van der Waals surface area contributed by atoms with Crippen LogP contribution in [0.25, 0.3) is 0 Å². The van der Waals surface area contributed by atoms with Crippen molar-refractivity contribution in [2.24, 2.45) is 0 Å². The Morgan fingerprint density at radius 1 is 1.11 bits per heavy atom. The van der Waals surface area contributed by atoms with Gasteiger partial charge in [0, 0.05) is 5.56 Å². The summed E-state index contributed by atoms with van der Waals surface area (Å²) in [6, 6.07) is 14.8. The molecule has 2 aromatic rings. The van der Waals surface area contributed by atoms with Gasteiger partial charge in [-0.3, -0.25) is 4.79 Å². The second kappa shape index (κ2) is 4.65. The van der Waals surface area contributed by atoms with Crippen LogP contribution in [-0.4, -0.2) is 13.0 Å². The molecule has 19 heavy (non-hydrogen) atoms. The van der Waals surface area contributed by atoms with Crippen molar-refractivity contribution < 1.29 is 14.3 Å². The van der Waals surface area contributed by atoms with E-state index in [0.717, 1.165) is 5.56 Å². The fraction of sp³-hybridized carbons (Fsp3) is 0.133. The summed E-state index contributed by atoms with van der Waals surface area (Å²) in [7, 11) is 1.58. The fourth-order valence-corrected chi connectivity index (χ4v) is 2.11. The second-order valence-electron chi connectivity index (χ2n) is 4.23. The van der Waals surface area contributed by atoms with Gasteiger partial charge in [-0.2, -0.15) is 0 Å². The number of carbonyl (C=O) groups excluding carboxylic acids is 1. The van der Waals surface area contributed by atoms with Crippen LogP contribution in [0, 0.1) is 0 Å². The van der Waals surface area contributed by atoms with E-state index in [1.54, 1.807) is 19.2 Å². The molecule has 1 amide bonds. The van der Waals surface area contributed by atoms with E-state index in [1.807, 2.05) is 36.4 Å². The van der Waals surface area contributed by atoms with E-state index in [2.05, 4.69) is 5.32 Å². The van der Waals surface area contributed by atoms with E-state index >= 15 is 0 Å². The highest BCUT2D eigenvalue weighted by Gasteiger charge is 2.30. The van der Waals surface area contributed by atoms with E-state index in [9.17, 15) is 4.79 Å². The average Bonchev–Trinajstić information content (AvgIpc) is 2.46. The van der Waals surface area contributed by atoms with Crippen LogP contribution < -0.4 is 14.8 Å². The van der Waals surface area contributed by atoms with Gasteiger partial charge in [-0.05, 0) is 12.1 Å². The predicted molar refractivity (Wildman–Crippen MR) is 71.4 cm³/mol. The summed E-state index contributed by atoms with van der Waals surface area (Å²) in [6.07, 6.45) is -0.648. The van der Waals surface area contributed by atoms with Crippen molar-refractivity contribution in [3.63, 3.8) is 0 Å². The highest BCUT2D eigenvalue weighted by Crippen LogP contribution is 2.41. The molecular formula is C15H13NO3. The quantitative estimate of drug-likeness (QED) is 0.897. The molecule has 1 unspecified atom stereocenters. The minimum absolute atomic E-state index is 0.174. The summed E-state index contributed by atoms with van der Waals surface area (Å²) in [5.41, 5.74) is 1.45. The number of rotatable bonds is 2. The number of anilines is 1. The first-order chi connectivity index (χ1) is 9.29. The molecule has 1 atom stereocenters. The van der Waals surface area contributed by atoms with E-state index < -0.39 is 6.10 Å². The summed E-state index contributed by atoms with van der Waals surface area (Å²) >= 11 is 0. The number of methoxy groups -OCH3 is 1. The zero-order valence-electron chi connectivity index (χ0n) is 10.4. The first kappa shape index (κ1) is 11.6. The van der Waals surface area contributed by atoms with Crippen molar-refractivity contribution in [2.45, 2.75) is 6.10 Å². The van der Waals surface area contributed by atoms with Crippen LogP contribution in [-0.2, 0) is 4.79 Å². The van der Waals surface area contributed by atoms with Crippen molar-refractivity contribution >= 4 is 11.6 Å². The maximum atomic E-state index is 12.1. The molecule has 0 saturated heterocycles. The SMILES string of the molecule is COc1cccc2c1OC(c1ccccc1)C(=O)N2. The van der Waals surface area contributed by atoms with Crippen LogP contribution in [0.1, 0.15) is 11.7 Å². The smallest absolute Gasteiger partial charge is 0.270 e. The van der Waals surface area contributed by atoms with E-state index in [1.165, 1.54) is 0 Å². The third kappa shape index (κ3) is 2.01. The van der Waals surface area contributed by atoms with E-state index in [4.69, 9.17) is 9.47 Å². The third-order valence-electron chi connectivity index (χ3n) is 3.03. The van der Waals surface area contributed by atoms with Gasteiger partial charge in [0.2, 0.25) is 6.10 Å². The Bertz CT molecular complexity index is 610. The number of hydrogen-bond acceptors (Lipinski definition) is 3. The molecule has 1 heterocycles.